The molecule has 2 aromatic heterocycles. The second-order valence-electron chi connectivity index (χ2n) is 7.84. The monoisotopic (exact) mass is 366 g/mol. The Labute approximate surface area is 149 Å². The zero-order valence-electron chi connectivity index (χ0n) is 14.8. The van der Waals surface area contributed by atoms with Crippen LogP contribution < -0.4 is 5.32 Å². The van der Waals surface area contributed by atoms with Crippen molar-refractivity contribution in [1.29, 1.82) is 0 Å². The van der Waals surface area contributed by atoms with E-state index in [1.54, 1.807) is 0 Å². The minimum atomic E-state index is -1.06. The van der Waals surface area contributed by atoms with E-state index in [0.29, 0.717) is 12.8 Å². The first-order valence-corrected chi connectivity index (χ1v) is 12.9. The van der Waals surface area contributed by atoms with Gasteiger partial charge < -0.3 is 14.6 Å². The fourth-order valence-corrected chi connectivity index (χ4v) is 3.98. The second-order valence-corrected chi connectivity index (χ2v) is 13.8. The van der Waals surface area contributed by atoms with E-state index in [1.165, 1.54) is 25.7 Å². The van der Waals surface area contributed by atoms with Crippen LogP contribution in [0.5, 0.6) is 0 Å². The van der Waals surface area contributed by atoms with Crippen molar-refractivity contribution in [2.45, 2.75) is 64.1 Å². The summed E-state index contributed by atoms with van der Waals surface area (Å²) in [5, 5.41) is 4.84. The second kappa shape index (κ2) is 7.41. The number of aromatic nitrogens is 3. The van der Waals surface area contributed by atoms with Gasteiger partial charge in [0.15, 0.2) is 0 Å². The molecule has 0 aromatic carbocycles. The SMILES string of the molecule is C[Si](C)(C)CCOCn1ccc2c(NC3CCCC3)nc(Cl)nc21. The summed E-state index contributed by atoms with van der Waals surface area (Å²) in [4.78, 5) is 8.81. The van der Waals surface area contributed by atoms with Crippen molar-refractivity contribution in [3.05, 3.63) is 17.5 Å². The molecule has 7 heteroatoms. The fourth-order valence-electron chi connectivity index (χ4n) is 3.06. The van der Waals surface area contributed by atoms with E-state index in [-0.39, 0.29) is 5.28 Å². The highest BCUT2D eigenvalue weighted by molar-refractivity contribution is 6.76. The third-order valence-corrected chi connectivity index (χ3v) is 6.39. The van der Waals surface area contributed by atoms with E-state index in [1.807, 2.05) is 16.8 Å². The van der Waals surface area contributed by atoms with Gasteiger partial charge in [-0.1, -0.05) is 32.5 Å². The summed E-state index contributed by atoms with van der Waals surface area (Å²) < 4.78 is 7.86. The van der Waals surface area contributed by atoms with Crippen LogP contribution in [0.3, 0.4) is 0 Å². The zero-order valence-corrected chi connectivity index (χ0v) is 16.6. The van der Waals surface area contributed by atoms with Crippen molar-refractivity contribution in [2.24, 2.45) is 0 Å². The molecule has 1 saturated carbocycles. The Kier molecular flexibility index (Phi) is 5.47. The number of nitrogens with zero attached hydrogens (tertiary/aromatic N) is 3. The Balaban J connectivity index is 1.72. The van der Waals surface area contributed by atoms with Crippen LogP contribution in [0, 0.1) is 0 Å². The van der Waals surface area contributed by atoms with Gasteiger partial charge in [0.05, 0.1) is 5.39 Å². The molecule has 2 aromatic rings. The molecule has 0 unspecified atom stereocenters. The van der Waals surface area contributed by atoms with Gasteiger partial charge in [-0.3, -0.25) is 0 Å². The molecular weight excluding hydrogens is 340 g/mol. The van der Waals surface area contributed by atoms with E-state index in [2.05, 4.69) is 34.9 Å². The number of anilines is 1. The molecule has 1 N–H and O–H groups in total. The molecular formula is C17H27ClN4OSi. The summed E-state index contributed by atoms with van der Waals surface area (Å²) in [6.07, 6.45) is 6.97. The van der Waals surface area contributed by atoms with Crippen molar-refractivity contribution < 1.29 is 4.74 Å². The number of fused-ring (bicyclic) bond motifs is 1. The molecule has 24 heavy (non-hydrogen) atoms. The summed E-state index contributed by atoms with van der Waals surface area (Å²) in [6, 6.07) is 3.71. The molecule has 0 bridgehead atoms. The fraction of sp³-hybridized carbons (Fsp3) is 0.647. The highest BCUT2D eigenvalue weighted by Crippen LogP contribution is 2.27. The van der Waals surface area contributed by atoms with Crippen LogP contribution in [-0.4, -0.2) is 35.3 Å². The Bertz CT molecular complexity index is 692. The van der Waals surface area contributed by atoms with Crippen LogP contribution in [0.2, 0.25) is 31.0 Å². The van der Waals surface area contributed by atoms with Gasteiger partial charge in [0.1, 0.15) is 18.2 Å². The molecule has 132 valence electrons. The molecule has 0 spiro atoms. The predicted molar refractivity (Wildman–Crippen MR) is 103 cm³/mol. The normalized spacial score (nSPS) is 16.2. The summed E-state index contributed by atoms with van der Waals surface area (Å²) in [7, 11) is -1.06. The molecule has 5 nitrogen and oxygen atoms in total. The minimum Gasteiger partial charge on any atom is -0.367 e. The lowest BCUT2D eigenvalue weighted by Crippen LogP contribution is -2.22. The van der Waals surface area contributed by atoms with Crippen molar-refractivity contribution in [2.75, 3.05) is 11.9 Å². The largest absolute Gasteiger partial charge is 0.367 e. The van der Waals surface area contributed by atoms with Gasteiger partial charge in [-0.05, 0) is 36.6 Å². The van der Waals surface area contributed by atoms with Crippen molar-refractivity contribution in [1.82, 2.24) is 14.5 Å². The molecule has 1 aliphatic carbocycles. The topological polar surface area (TPSA) is 52.0 Å². The molecule has 0 radical (unpaired) electrons. The van der Waals surface area contributed by atoms with Crippen LogP contribution in [0.1, 0.15) is 25.7 Å². The van der Waals surface area contributed by atoms with Crippen LogP contribution in [-0.2, 0) is 11.5 Å². The molecule has 0 saturated heterocycles. The first-order valence-electron chi connectivity index (χ1n) is 8.79. The highest BCUT2D eigenvalue weighted by Gasteiger charge is 2.18. The Morgan fingerprint density at radius 3 is 2.75 bits per heavy atom. The third-order valence-electron chi connectivity index (χ3n) is 4.51. The highest BCUT2D eigenvalue weighted by atomic mass is 35.5. The Morgan fingerprint density at radius 2 is 2.04 bits per heavy atom. The maximum Gasteiger partial charge on any atom is 0.226 e. The van der Waals surface area contributed by atoms with E-state index >= 15 is 0 Å². The van der Waals surface area contributed by atoms with Crippen LogP contribution in [0.15, 0.2) is 12.3 Å². The Hall–Kier alpha value is -1.11. The van der Waals surface area contributed by atoms with Gasteiger partial charge in [0, 0.05) is 26.9 Å². The van der Waals surface area contributed by atoms with Crippen molar-refractivity contribution in [3.8, 4) is 0 Å². The van der Waals surface area contributed by atoms with Gasteiger partial charge in [-0.2, -0.15) is 4.98 Å². The van der Waals surface area contributed by atoms with Crippen molar-refractivity contribution in [3.63, 3.8) is 0 Å². The van der Waals surface area contributed by atoms with Gasteiger partial charge in [0.25, 0.3) is 0 Å². The quantitative estimate of drug-likeness (QED) is 0.436. The summed E-state index contributed by atoms with van der Waals surface area (Å²) in [6.45, 7) is 8.37. The van der Waals surface area contributed by atoms with Crippen LogP contribution in [0.25, 0.3) is 11.0 Å². The molecule has 3 rings (SSSR count). The lowest BCUT2D eigenvalue weighted by atomic mass is 10.2. The summed E-state index contributed by atoms with van der Waals surface area (Å²) >= 11 is 6.15. The van der Waals surface area contributed by atoms with Crippen LogP contribution in [0.4, 0.5) is 5.82 Å². The lowest BCUT2D eigenvalue weighted by Gasteiger charge is -2.16. The number of nitrogens with one attached hydrogen (secondary N) is 1. The first-order chi connectivity index (χ1) is 11.4. The molecule has 2 heterocycles. The van der Waals surface area contributed by atoms with E-state index in [0.717, 1.165) is 29.5 Å². The Morgan fingerprint density at radius 1 is 1.29 bits per heavy atom. The lowest BCUT2D eigenvalue weighted by molar-refractivity contribution is 0.0899. The smallest absolute Gasteiger partial charge is 0.226 e. The standard InChI is InChI=1S/C17H27ClN4OSi/c1-24(2,3)11-10-23-12-22-9-8-14-15(19-13-6-4-5-7-13)20-17(18)21-16(14)22/h8-9,13H,4-7,10-12H2,1-3H3,(H,19,20,21). The summed E-state index contributed by atoms with van der Waals surface area (Å²) in [5.41, 5.74) is 0.837. The maximum atomic E-state index is 6.15. The number of rotatable bonds is 7. The van der Waals surface area contributed by atoms with Gasteiger partial charge >= 0.3 is 0 Å². The molecule has 0 amide bonds. The van der Waals surface area contributed by atoms with Gasteiger partial charge in [0.2, 0.25) is 5.28 Å². The summed E-state index contributed by atoms with van der Waals surface area (Å²) in [5.74, 6) is 0.845. The van der Waals surface area contributed by atoms with E-state index < -0.39 is 8.07 Å². The molecule has 1 fully saturated rings. The predicted octanol–water partition coefficient (Wildman–Crippen LogP) is 4.75. The van der Waals surface area contributed by atoms with Crippen LogP contribution >= 0.6 is 11.6 Å². The number of halogens is 1. The number of hydrogen-bond acceptors (Lipinski definition) is 4. The number of ether oxygens (including phenoxy) is 1. The van der Waals surface area contributed by atoms with E-state index in [9.17, 15) is 0 Å². The average molecular weight is 367 g/mol. The van der Waals surface area contributed by atoms with Crippen molar-refractivity contribution >= 4 is 36.5 Å². The average Bonchev–Trinajstić information content (AvgIpc) is 3.12. The van der Waals surface area contributed by atoms with Gasteiger partial charge in [-0.15, -0.1) is 0 Å². The minimum absolute atomic E-state index is 0.282. The molecule has 0 aliphatic heterocycles. The number of hydrogen-bond donors (Lipinski definition) is 1. The maximum absolute atomic E-state index is 6.15. The third kappa shape index (κ3) is 4.49. The van der Waals surface area contributed by atoms with Gasteiger partial charge in [-0.25, -0.2) is 4.98 Å². The van der Waals surface area contributed by atoms with E-state index in [4.69, 9.17) is 16.3 Å². The molecule has 0 atom stereocenters. The zero-order chi connectivity index (χ0) is 17.2. The first kappa shape index (κ1) is 17.7. The molecule has 1 aliphatic rings.